The molecule has 8 heteroatoms. The van der Waals surface area contributed by atoms with Gasteiger partial charge < -0.3 is 10.5 Å². The maximum absolute atomic E-state index is 12.1. The number of hydrogen-bond acceptors (Lipinski definition) is 5. The Balaban J connectivity index is 2.14. The number of aromatic nitrogens is 2. The summed E-state index contributed by atoms with van der Waals surface area (Å²) in [7, 11) is -1.97. The third-order valence-electron chi connectivity index (χ3n) is 3.10. The fourth-order valence-corrected chi connectivity index (χ4v) is 3.41. The minimum absolute atomic E-state index is 0.0230. The fraction of sp³-hybridized carbons (Fsp3) is 0.700. The van der Waals surface area contributed by atoms with Gasteiger partial charge in [-0.2, -0.15) is 5.10 Å². The van der Waals surface area contributed by atoms with Gasteiger partial charge in [0, 0.05) is 20.2 Å². The molecule has 102 valence electrons. The summed E-state index contributed by atoms with van der Waals surface area (Å²) in [5, 5.41) is 3.90. The molecule has 18 heavy (non-hydrogen) atoms. The number of ether oxygens (including phenoxy) is 1. The number of nitrogens with one attached hydrogen (secondary N) is 1. The van der Waals surface area contributed by atoms with Crippen molar-refractivity contribution >= 4 is 15.8 Å². The van der Waals surface area contributed by atoms with Crippen molar-refractivity contribution in [3.63, 3.8) is 0 Å². The third kappa shape index (κ3) is 2.50. The lowest BCUT2D eigenvalue weighted by molar-refractivity contribution is 0.114. The normalized spacial score (nSPS) is 20.4. The molecular weight excluding hydrogens is 256 g/mol. The maximum atomic E-state index is 12.1. The molecule has 1 fully saturated rings. The van der Waals surface area contributed by atoms with Crippen molar-refractivity contribution < 1.29 is 13.2 Å². The van der Waals surface area contributed by atoms with Crippen LogP contribution in [0.3, 0.4) is 0 Å². The van der Waals surface area contributed by atoms with Gasteiger partial charge in [-0.1, -0.05) is 0 Å². The van der Waals surface area contributed by atoms with Crippen LogP contribution in [-0.2, 0) is 21.8 Å². The number of rotatable bonds is 4. The number of sulfonamides is 1. The summed E-state index contributed by atoms with van der Waals surface area (Å²) in [6, 6.07) is 0. The SMILES string of the molecule is Cc1c(S(=O)(=O)NCC2CCCO2)c(N)nn1C. The second-order valence-corrected chi connectivity index (χ2v) is 6.11. The molecule has 1 atom stereocenters. The molecule has 1 unspecified atom stereocenters. The standard InChI is InChI=1S/C10H18N4O3S/c1-7-9(10(11)13-14(7)2)18(15,16)12-6-8-4-3-5-17-8/h8,12H,3-6H2,1-2H3,(H2,11,13). The van der Waals surface area contributed by atoms with E-state index >= 15 is 0 Å². The zero-order valence-corrected chi connectivity index (χ0v) is 11.3. The lowest BCUT2D eigenvalue weighted by atomic mass is 10.2. The first kappa shape index (κ1) is 13.3. The molecule has 0 saturated carbocycles. The van der Waals surface area contributed by atoms with Crippen molar-refractivity contribution in [2.24, 2.45) is 7.05 Å². The van der Waals surface area contributed by atoms with Gasteiger partial charge in [0.25, 0.3) is 0 Å². The smallest absolute Gasteiger partial charge is 0.246 e. The van der Waals surface area contributed by atoms with Crippen LogP contribution in [0.25, 0.3) is 0 Å². The van der Waals surface area contributed by atoms with Crippen LogP contribution < -0.4 is 10.5 Å². The molecule has 1 aliphatic heterocycles. The van der Waals surface area contributed by atoms with Crippen molar-refractivity contribution in [3.8, 4) is 0 Å². The summed E-state index contributed by atoms with van der Waals surface area (Å²) in [6.07, 6.45) is 1.81. The van der Waals surface area contributed by atoms with E-state index in [1.165, 1.54) is 4.68 Å². The van der Waals surface area contributed by atoms with E-state index in [2.05, 4.69) is 9.82 Å². The van der Waals surface area contributed by atoms with Gasteiger partial charge >= 0.3 is 0 Å². The molecule has 0 aliphatic carbocycles. The zero-order chi connectivity index (χ0) is 13.3. The zero-order valence-electron chi connectivity index (χ0n) is 10.5. The van der Waals surface area contributed by atoms with Gasteiger partial charge in [-0.25, -0.2) is 13.1 Å². The molecule has 7 nitrogen and oxygen atoms in total. The average Bonchev–Trinajstić information content (AvgIpc) is 2.86. The number of aryl methyl sites for hydroxylation is 1. The molecule has 0 radical (unpaired) electrons. The van der Waals surface area contributed by atoms with E-state index in [0.717, 1.165) is 12.8 Å². The van der Waals surface area contributed by atoms with E-state index in [0.29, 0.717) is 12.3 Å². The number of nitrogen functional groups attached to an aromatic ring is 1. The van der Waals surface area contributed by atoms with Crippen LogP contribution in [0.4, 0.5) is 5.82 Å². The van der Waals surface area contributed by atoms with Crippen molar-refractivity contribution in [1.29, 1.82) is 0 Å². The van der Waals surface area contributed by atoms with Gasteiger partial charge in [0.2, 0.25) is 10.0 Å². The molecule has 3 N–H and O–H groups in total. The molecule has 0 spiro atoms. The lowest BCUT2D eigenvalue weighted by Gasteiger charge is -2.11. The van der Waals surface area contributed by atoms with Gasteiger partial charge in [0.05, 0.1) is 11.8 Å². The summed E-state index contributed by atoms with van der Waals surface area (Å²) < 4.78 is 33.6. The molecule has 0 aromatic carbocycles. The van der Waals surface area contributed by atoms with Gasteiger partial charge in [-0.15, -0.1) is 0 Å². The Morgan fingerprint density at radius 1 is 1.61 bits per heavy atom. The number of nitrogens with two attached hydrogens (primary N) is 1. The molecule has 2 heterocycles. The Kier molecular flexibility index (Phi) is 3.60. The predicted octanol–water partition coefficient (Wildman–Crippen LogP) is -0.232. The Bertz CT molecular complexity index is 532. The molecule has 1 aromatic rings. The summed E-state index contributed by atoms with van der Waals surface area (Å²) in [6.45, 7) is 2.64. The van der Waals surface area contributed by atoms with E-state index < -0.39 is 10.0 Å². The predicted molar refractivity (Wildman–Crippen MR) is 66.5 cm³/mol. The Labute approximate surface area is 106 Å². The fourth-order valence-electron chi connectivity index (χ4n) is 2.03. The minimum atomic E-state index is -3.63. The van der Waals surface area contributed by atoms with Gasteiger partial charge in [0.1, 0.15) is 4.90 Å². The minimum Gasteiger partial charge on any atom is -0.381 e. The molecule has 1 aliphatic rings. The van der Waals surface area contributed by atoms with E-state index in [4.69, 9.17) is 10.5 Å². The van der Waals surface area contributed by atoms with Crippen molar-refractivity contribution in [1.82, 2.24) is 14.5 Å². The summed E-state index contributed by atoms with van der Waals surface area (Å²) in [5.41, 5.74) is 6.15. The topological polar surface area (TPSA) is 99.2 Å². The van der Waals surface area contributed by atoms with Crippen LogP contribution in [-0.4, -0.2) is 37.5 Å². The molecule has 1 aromatic heterocycles. The average molecular weight is 274 g/mol. The summed E-state index contributed by atoms with van der Waals surface area (Å²) in [5.74, 6) is 0.0230. The Morgan fingerprint density at radius 3 is 2.83 bits per heavy atom. The Morgan fingerprint density at radius 2 is 2.33 bits per heavy atom. The third-order valence-corrected chi connectivity index (χ3v) is 4.69. The second kappa shape index (κ2) is 4.87. The molecular formula is C10H18N4O3S. The molecule has 0 amide bonds. The van der Waals surface area contributed by atoms with Gasteiger partial charge in [-0.05, 0) is 19.8 Å². The lowest BCUT2D eigenvalue weighted by Crippen LogP contribution is -2.32. The van der Waals surface area contributed by atoms with E-state index in [1.54, 1.807) is 14.0 Å². The molecule has 0 bridgehead atoms. The highest BCUT2D eigenvalue weighted by Crippen LogP contribution is 2.21. The van der Waals surface area contributed by atoms with E-state index in [9.17, 15) is 8.42 Å². The Hall–Kier alpha value is -1.12. The monoisotopic (exact) mass is 274 g/mol. The molecule has 1 saturated heterocycles. The van der Waals surface area contributed by atoms with E-state index in [1.807, 2.05) is 0 Å². The summed E-state index contributed by atoms with van der Waals surface area (Å²) in [4.78, 5) is 0.0583. The summed E-state index contributed by atoms with van der Waals surface area (Å²) >= 11 is 0. The van der Waals surface area contributed by atoms with Crippen molar-refractivity contribution in [3.05, 3.63) is 5.69 Å². The highest BCUT2D eigenvalue weighted by Gasteiger charge is 2.26. The van der Waals surface area contributed by atoms with Crippen LogP contribution >= 0.6 is 0 Å². The van der Waals surface area contributed by atoms with Gasteiger partial charge in [-0.3, -0.25) is 4.68 Å². The quantitative estimate of drug-likeness (QED) is 0.790. The molecule has 2 rings (SSSR count). The maximum Gasteiger partial charge on any atom is 0.246 e. The number of nitrogens with zero attached hydrogens (tertiary/aromatic N) is 2. The van der Waals surface area contributed by atoms with Crippen LogP contribution in [0, 0.1) is 6.92 Å². The second-order valence-electron chi connectivity index (χ2n) is 4.41. The number of hydrogen-bond donors (Lipinski definition) is 2. The highest BCUT2D eigenvalue weighted by molar-refractivity contribution is 7.89. The van der Waals surface area contributed by atoms with Crippen molar-refractivity contribution in [2.45, 2.75) is 30.8 Å². The van der Waals surface area contributed by atoms with Crippen LogP contribution in [0.15, 0.2) is 4.90 Å². The van der Waals surface area contributed by atoms with Crippen LogP contribution in [0.2, 0.25) is 0 Å². The van der Waals surface area contributed by atoms with E-state index in [-0.39, 0.29) is 23.4 Å². The van der Waals surface area contributed by atoms with Gasteiger partial charge in [0.15, 0.2) is 5.82 Å². The number of anilines is 1. The highest BCUT2D eigenvalue weighted by atomic mass is 32.2. The largest absolute Gasteiger partial charge is 0.381 e. The van der Waals surface area contributed by atoms with Crippen LogP contribution in [0.5, 0.6) is 0 Å². The first-order chi connectivity index (χ1) is 8.42. The van der Waals surface area contributed by atoms with Crippen molar-refractivity contribution in [2.75, 3.05) is 18.9 Å². The first-order valence-electron chi connectivity index (χ1n) is 5.82. The van der Waals surface area contributed by atoms with Crippen LogP contribution in [0.1, 0.15) is 18.5 Å². The first-order valence-corrected chi connectivity index (χ1v) is 7.30.